The molecule has 1 aromatic carbocycles. The minimum atomic E-state index is -0.577. The van der Waals surface area contributed by atoms with Gasteiger partial charge in [0.05, 0.1) is 12.6 Å². The summed E-state index contributed by atoms with van der Waals surface area (Å²) in [6.45, 7) is 1.73. The molecule has 20 heavy (non-hydrogen) atoms. The Morgan fingerprint density at radius 2 is 2.00 bits per heavy atom. The van der Waals surface area contributed by atoms with Crippen molar-refractivity contribution in [2.75, 3.05) is 19.8 Å². The highest BCUT2D eigenvalue weighted by atomic mass is 16.5. The van der Waals surface area contributed by atoms with Crippen molar-refractivity contribution in [1.29, 1.82) is 0 Å². The van der Waals surface area contributed by atoms with E-state index in [1.807, 2.05) is 35.2 Å². The summed E-state index contributed by atoms with van der Waals surface area (Å²) in [6, 6.07) is 8.92. The molecule has 2 unspecified atom stereocenters. The highest BCUT2D eigenvalue weighted by Gasteiger charge is 2.35. The predicted molar refractivity (Wildman–Crippen MR) is 72.9 cm³/mol. The molecule has 5 nitrogen and oxygen atoms in total. The lowest BCUT2D eigenvalue weighted by Crippen LogP contribution is -2.44. The molecule has 0 aromatic heterocycles. The van der Waals surface area contributed by atoms with Crippen LogP contribution in [0.2, 0.25) is 0 Å². The van der Waals surface area contributed by atoms with Gasteiger partial charge in [-0.2, -0.15) is 0 Å². The van der Waals surface area contributed by atoms with Crippen LogP contribution in [0.5, 0.6) is 0 Å². The summed E-state index contributed by atoms with van der Waals surface area (Å²) in [7, 11) is 0. The van der Waals surface area contributed by atoms with Gasteiger partial charge in [-0.25, -0.2) is 0 Å². The summed E-state index contributed by atoms with van der Waals surface area (Å²) >= 11 is 0. The fraction of sp³-hybridized carbons (Fsp3) is 0.467. The van der Waals surface area contributed by atoms with Crippen LogP contribution in [0.25, 0.3) is 0 Å². The zero-order valence-corrected chi connectivity index (χ0v) is 11.2. The number of hydrogen-bond acceptors (Lipinski definition) is 3. The van der Waals surface area contributed by atoms with E-state index in [1.165, 1.54) is 0 Å². The van der Waals surface area contributed by atoms with Crippen molar-refractivity contribution in [1.82, 2.24) is 10.2 Å². The number of amides is 2. The first kappa shape index (κ1) is 13.1. The lowest BCUT2D eigenvalue weighted by atomic mass is 10.0. The minimum Gasteiger partial charge on any atom is -0.379 e. The van der Waals surface area contributed by atoms with E-state index in [9.17, 15) is 9.59 Å². The van der Waals surface area contributed by atoms with Gasteiger partial charge in [0.1, 0.15) is 6.04 Å². The van der Waals surface area contributed by atoms with Crippen molar-refractivity contribution in [2.45, 2.75) is 24.9 Å². The molecule has 2 fully saturated rings. The summed E-state index contributed by atoms with van der Waals surface area (Å²) in [5, 5.41) is 2.83. The van der Waals surface area contributed by atoms with Crippen molar-refractivity contribution in [3.8, 4) is 0 Å². The van der Waals surface area contributed by atoms with Gasteiger partial charge < -0.3 is 15.0 Å². The number of carbonyl (C=O) groups is 2. The maximum Gasteiger partial charge on any atom is 0.250 e. The van der Waals surface area contributed by atoms with E-state index in [0.717, 1.165) is 12.0 Å². The summed E-state index contributed by atoms with van der Waals surface area (Å²) < 4.78 is 5.37. The lowest BCUT2D eigenvalue weighted by Gasteiger charge is -2.28. The van der Waals surface area contributed by atoms with Crippen LogP contribution in [0, 0.1) is 0 Å². The highest BCUT2D eigenvalue weighted by molar-refractivity contribution is 5.91. The molecule has 2 heterocycles. The molecule has 3 rings (SSSR count). The molecule has 2 atom stereocenters. The molecule has 0 radical (unpaired) electrons. The van der Waals surface area contributed by atoms with E-state index < -0.39 is 6.04 Å². The molecule has 0 saturated carbocycles. The first-order chi connectivity index (χ1) is 9.75. The molecule has 1 N–H and O–H groups in total. The SMILES string of the molecule is O=C1CCN(C2CCOC2)C(=O)C(c2ccccc2)N1. The average Bonchev–Trinajstić information content (AvgIpc) is 2.95. The Hall–Kier alpha value is -1.88. The van der Waals surface area contributed by atoms with E-state index in [4.69, 9.17) is 4.74 Å². The number of benzene rings is 1. The van der Waals surface area contributed by atoms with E-state index in [1.54, 1.807) is 0 Å². The standard InChI is InChI=1S/C15H18N2O3/c18-13-6-8-17(12-7-9-20-10-12)15(19)14(16-13)11-4-2-1-3-5-11/h1-5,12,14H,6-10H2,(H,16,18). The third kappa shape index (κ3) is 2.54. The molecule has 2 amide bonds. The maximum absolute atomic E-state index is 12.7. The molecule has 2 aliphatic heterocycles. The second-order valence-electron chi connectivity index (χ2n) is 5.21. The van der Waals surface area contributed by atoms with E-state index in [-0.39, 0.29) is 17.9 Å². The van der Waals surface area contributed by atoms with Crippen LogP contribution in [-0.2, 0) is 14.3 Å². The Morgan fingerprint density at radius 3 is 2.70 bits per heavy atom. The predicted octanol–water partition coefficient (Wildman–Crippen LogP) is 0.865. The fourth-order valence-electron chi connectivity index (χ4n) is 2.79. The fourth-order valence-corrected chi connectivity index (χ4v) is 2.79. The third-order valence-electron chi connectivity index (χ3n) is 3.89. The maximum atomic E-state index is 12.7. The monoisotopic (exact) mass is 274 g/mol. The van der Waals surface area contributed by atoms with Gasteiger partial charge in [0.15, 0.2) is 0 Å². The van der Waals surface area contributed by atoms with Gasteiger partial charge in [-0.15, -0.1) is 0 Å². The Balaban J connectivity index is 1.87. The molecule has 2 saturated heterocycles. The summed E-state index contributed by atoms with van der Waals surface area (Å²) in [5.74, 6) is -0.105. The van der Waals surface area contributed by atoms with Crippen LogP contribution < -0.4 is 5.32 Å². The van der Waals surface area contributed by atoms with Crippen LogP contribution in [-0.4, -0.2) is 42.5 Å². The second-order valence-corrected chi connectivity index (χ2v) is 5.21. The van der Waals surface area contributed by atoms with Crippen LogP contribution in [0.1, 0.15) is 24.4 Å². The van der Waals surface area contributed by atoms with Gasteiger partial charge in [0.2, 0.25) is 11.8 Å². The molecule has 0 bridgehead atoms. The van der Waals surface area contributed by atoms with Crippen molar-refractivity contribution in [3.63, 3.8) is 0 Å². The normalized spacial score (nSPS) is 27.3. The van der Waals surface area contributed by atoms with Gasteiger partial charge in [-0.05, 0) is 12.0 Å². The number of nitrogens with zero attached hydrogens (tertiary/aromatic N) is 1. The smallest absolute Gasteiger partial charge is 0.250 e. The number of carbonyl (C=O) groups excluding carboxylic acids is 2. The van der Waals surface area contributed by atoms with Crippen LogP contribution in [0.15, 0.2) is 30.3 Å². The minimum absolute atomic E-state index is 0.0300. The van der Waals surface area contributed by atoms with E-state index >= 15 is 0 Å². The molecule has 5 heteroatoms. The van der Waals surface area contributed by atoms with Crippen molar-refractivity contribution < 1.29 is 14.3 Å². The second kappa shape index (κ2) is 5.63. The Morgan fingerprint density at radius 1 is 1.20 bits per heavy atom. The van der Waals surface area contributed by atoms with Gasteiger partial charge in [-0.3, -0.25) is 9.59 Å². The molecular weight excluding hydrogens is 256 g/mol. The number of ether oxygens (including phenoxy) is 1. The Bertz CT molecular complexity index is 497. The zero-order chi connectivity index (χ0) is 13.9. The van der Waals surface area contributed by atoms with Crippen LogP contribution in [0.4, 0.5) is 0 Å². The Kier molecular flexibility index (Phi) is 3.69. The van der Waals surface area contributed by atoms with E-state index in [0.29, 0.717) is 26.2 Å². The number of hydrogen-bond donors (Lipinski definition) is 1. The third-order valence-corrected chi connectivity index (χ3v) is 3.89. The molecule has 1 aromatic rings. The van der Waals surface area contributed by atoms with Crippen molar-refractivity contribution >= 4 is 11.8 Å². The summed E-state index contributed by atoms with van der Waals surface area (Å²) in [5.41, 5.74) is 0.830. The quantitative estimate of drug-likeness (QED) is 0.870. The highest BCUT2D eigenvalue weighted by Crippen LogP contribution is 2.23. The average molecular weight is 274 g/mol. The Labute approximate surface area is 117 Å². The zero-order valence-electron chi connectivity index (χ0n) is 11.2. The van der Waals surface area contributed by atoms with Crippen molar-refractivity contribution in [2.24, 2.45) is 0 Å². The topological polar surface area (TPSA) is 58.6 Å². The van der Waals surface area contributed by atoms with E-state index in [2.05, 4.69) is 5.32 Å². The van der Waals surface area contributed by atoms with Gasteiger partial charge >= 0.3 is 0 Å². The number of nitrogens with one attached hydrogen (secondary N) is 1. The number of rotatable bonds is 2. The van der Waals surface area contributed by atoms with Crippen LogP contribution >= 0.6 is 0 Å². The molecule has 2 aliphatic rings. The first-order valence-electron chi connectivity index (χ1n) is 6.98. The molecule has 0 spiro atoms. The molecule has 0 aliphatic carbocycles. The summed E-state index contributed by atoms with van der Waals surface area (Å²) in [4.78, 5) is 26.4. The van der Waals surface area contributed by atoms with Gasteiger partial charge in [-0.1, -0.05) is 30.3 Å². The largest absolute Gasteiger partial charge is 0.379 e. The van der Waals surface area contributed by atoms with Crippen molar-refractivity contribution in [3.05, 3.63) is 35.9 Å². The first-order valence-corrected chi connectivity index (χ1v) is 6.98. The van der Waals surface area contributed by atoms with Crippen LogP contribution in [0.3, 0.4) is 0 Å². The molecule has 106 valence electrons. The van der Waals surface area contributed by atoms with Gasteiger partial charge in [0.25, 0.3) is 0 Å². The summed E-state index contributed by atoms with van der Waals surface area (Å²) in [6.07, 6.45) is 1.20. The molecular formula is C15H18N2O3. The lowest BCUT2D eigenvalue weighted by molar-refractivity contribution is -0.135. The van der Waals surface area contributed by atoms with Gasteiger partial charge in [0, 0.05) is 19.6 Å².